The zero-order valence-corrected chi connectivity index (χ0v) is 13.8. The van der Waals surface area contributed by atoms with E-state index in [9.17, 15) is 9.18 Å². The fraction of sp³-hybridized carbons (Fsp3) is 0.588. The van der Waals surface area contributed by atoms with Gasteiger partial charge in [0.2, 0.25) is 0 Å². The van der Waals surface area contributed by atoms with Crippen molar-refractivity contribution in [2.24, 2.45) is 0 Å². The van der Waals surface area contributed by atoms with Crippen LogP contribution in [0.3, 0.4) is 0 Å². The number of nitrogens with zero attached hydrogens (tertiary/aromatic N) is 1. The summed E-state index contributed by atoms with van der Waals surface area (Å²) in [6, 6.07) is 5.01. The molecular weight excluding hydrogens is 283 g/mol. The summed E-state index contributed by atoms with van der Waals surface area (Å²) in [4.78, 5) is 14.0. The molecule has 2 rings (SSSR count). The Morgan fingerprint density at radius 1 is 1.32 bits per heavy atom. The van der Waals surface area contributed by atoms with E-state index in [1.165, 1.54) is 6.07 Å². The number of hydrogen-bond donors (Lipinski definition) is 1. The van der Waals surface area contributed by atoms with Crippen LogP contribution in [-0.4, -0.2) is 30.8 Å². The van der Waals surface area contributed by atoms with Crippen LogP contribution < -0.4 is 10.2 Å². The highest BCUT2D eigenvalue weighted by atomic mass is 19.1. The molecule has 0 bridgehead atoms. The van der Waals surface area contributed by atoms with E-state index < -0.39 is 5.60 Å². The van der Waals surface area contributed by atoms with Gasteiger partial charge in [0.15, 0.2) is 0 Å². The maximum Gasteiger partial charge on any atom is 0.407 e. The highest BCUT2D eigenvalue weighted by Gasteiger charge is 2.24. The van der Waals surface area contributed by atoms with Gasteiger partial charge in [-0.25, -0.2) is 9.18 Å². The average Bonchev–Trinajstić information content (AvgIpc) is 2.38. The first-order chi connectivity index (χ1) is 10.2. The van der Waals surface area contributed by atoms with Gasteiger partial charge in [-0.2, -0.15) is 0 Å². The number of carbonyl (C=O) groups excluding carboxylic acids is 1. The minimum atomic E-state index is -0.476. The van der Waals surface area contributed by atoms with Crippen LogP contribution in [0.15, 0.2) is 18.2 Å². The minimum absolute atomic E-state index is 0.131. The molecule has 5 heteroatoms. The lowest BCUT2D eigenvalue weighted by Crippen LogP contribution is -2.46. The summed E-state index contributed by atoms with van der Waals surface area (Å²) in [6.45, 7) is 9.16. The molecule has 0 spiro atoms. The van der Waals surface area contributed by atoms with Crippen molar-refractivity contribution in [1.82, 2.24) is 5.32 Å². The van der Waals surface area contributed by atoms with Crippen LogP contribution in [0.1, 0.15) is 39.2 Å². The summed E-state index contributed by atoms with van der Waals surface area (Å²) < 4.78 is 18.5. The molecule has 1 saturated heterocycles. The Morgan fingerprint density at radius 3 is 2.50 bits per heavy atom. The molecule has 0 aliphatic carbocycles. The van der Waals surface area contributed by atoms with E-state index in [2.05, 4.69) is 10.2 Å². The summed E-state index contributed by atoms with van der Waals surface area (Å²) in [7, 11) is 0. The molecule has 0 unspecified atom stereocenters. The van der Waals surface area contributed by atoms with E-state index in [1.807, 2.05) is 33.8 Å². The average molecular weight is 308 g/mol. The molecule has 1 heterocycles. The highest BCUT2D eigenvalue weighted by molar-refractivity contribution is 5.68. The summed E-state index contributed by atoms with van der Waals surface area (Å²) >= 11 is 0. The van der Waals surface area contributed by atoms with E-state index in [-0.39, 0.29) is 18.0 Å². The van der Waals surface area contributed by atoms with Crippen molar-refractivity contribution >= 4 is 11.8 Å². The summed E-state index contributed by atoms with van der Waals surface area (Å²) in [5, 5.41) is 2.92. The number of anilines is 1. The number of carbonyl (C=O) groups is 1. The van der Waals surface area contributed by atoms with Crippen molar-refractivity contribution in [2.45, 2.75) is 52.2 Å². The zero-order chi connectivity index (χ0) is 16.3. The molecule has 0 atom stereocenters. The molecule has 1 N–H and O–H groups in total. The lowest BCUT2D eigenvalue weighted by atomic mass is 10.0. The normalized spacial score (nSPS) is 16.5. The molecule has 0 radical (unpaired) electrons. The largest absolute Gasteiger partial charge is 0.444 e. The second kappa shape index (κ2) is 6.55. The molecule has 122 valence electrons. The predicted octanol–water partition coefficient (Wildman–Crippen LogP) is 3.63. The summed E-state index contributed by atoms with van der Waals surface area (Å²) in [6.07, 6.45) is 1.36. The number of rotatable bonds is 2. The molecule has 1 aliphatic rings. The standard InChI is InChI=1S/C17H25FN2O2/c1-12-11-13(18)5-6-15(12)20-9-7-14(8-10-20)19-16(21)22-17(2,3)4/h5-6,11,14H,7-10H2,1-4H3,(H,19,21). The van der Waals surface area contributed by atoms with Crippen molar-refractivity contribution in [2.75, 3.05) is 18.0 Å². The van der Waals surface area contributed by atoms with Gasteiger partial charge in [0, 0.05) is 24.8 Å². The molecule has 1 aliphatic heterocycles. The molecule has 0 saturated carbocycles. The number of aryl methyl sites for hydroxylation is 1. The Kier molecular flexibility index (Phi) is 4.94. The number of amides is 1. The maximum atomic E-state index is 13.2. The van der Waals surface area contributed by atoms with Crippen LogP contribution in [0.5, 0.6) is 0 Å². The molecule has 1 aromatic carbocycles. The van der Waals surface area contributed by atoms with Gasteiger partial charge >= 0.3 is 6.09 Å². The number of ether oxygens (including phenoxy) is 1. The van der Waals surface area contributed by atoms with Crippen molar-refractivity contribution < 1.29 is 13.9 Å². The number of nitrogens with one attached hydrogen (secondary N) is 1. The monoisotopic (exact) mass is 308 g/mol. The third kappa shape index (κ3) is 4.61. The summed E-state index contributed by atoms with van der Waals surface area (Å²) in [5.41, 5.74) is 1.53. The molecule has 1 amide bonds. The first kappa shape index (κ1) is 16.6. The van der Waals surface area contributed by atoms with Gasteiger partial charge in [0.25, 0.3) is 0 Å². The number of benzene rings is 1. The van der Waals surface area contributed by atoms with Crippen molar-refractivity contribution in [3.63, 3.8) is 0 Å². The Balaban J connectivity index is 1.86. The van der Waals surface area contributed by atoms with Gasteiger partial charge < -0.3 is 15.0 Å². The minimum Gasteiger partial charge on any atom is -0.444 e. The maximum absolute atomic E-state index is 13.2. The second-order valence-corrected chi connectivity index (χ2v) is 6.84. The van der Waals surface area contributed by atoms with Gasteiger partial charge in [0.1, 0.15) is 11.4 Å². The third-order valence-corrected chi connectivity index (χ3v) is 3.72. The Labute approximate surface area is 131 Å². The van der Waals surface area contributed by atoms with E-state index >= 15 is 0 Å². The van der Waals surface area contributed by atoms with E-state index in [0.717, 1.165) is 37.2 Å². The van der Waals surface area contributed by atoms with Gasteiger partial charge in [-0.15, -0.1) is 0 Å². The van der Waals surface area contributed by atoms with Gasteiger partial charge in [0.05, 0.1) is 0 Å². The second-order valence-electron chi connectivity index (χ2n) is 6.84. The molecule has 22 heavy (non-hydrogen) atoms. The number of hydrogen-bond acceptors (Lipinski definition) is 3. The van der Waals surface area contributed by atoms with Crippen LogP contribution in [0.4, 0.5) is 14.9 Å². The third-order valence-electron chi connectivity index (χ3n) is 3.72. The van der Waals surface area contributed by atoms with Crippen LogP contribution in [0.2, 0.25) is 0 Å². The van der Waals surface area contributed by atoms with Crippen LogP contribution in [-0.2, 0) is 4.74 Å². The van der Waals surface area contributed by atoms with Crippen LogP contribution in [0.25, 0.3) is 0 Å². The fourth-order valence-corrected chi connectivity index (χ4v) is 2.71. The molecule has 1 fully saturated rings. The molecular formula is C17H25FN2O2. The molecule has 4 nitrogen and oxygen atoms in total. The molecule has 0 aromatic heterocycles. The van der Waals surface area contributed by atoms with Gasteiger partial charge in [-0.1, -0.05) is 0 Å². The SMILES string of the molecule is Cc1cc(F)ccc1N1CCC(NC(=O)OC(C)(C)C)CC1. The van der Waals surface area contributed by atoms with Crippen LogP contribution in [0, 0.1) is 12.7 Å². The number of halogens is 1. The Morgan fingerprint density at radius 2 is 1.95 bits per heavy atom. The van der Waals surface area contributed by atoms with E-state index in [0.29, 0.717) is 0 Å². The zero-order valence-electron chi connectivity index (χ0n) is 13.8. The van der Waals surface area contributed by atoms with E-state index in [1.54, 1.807) is 6.07 Å². The first-order valence-electron chi connectivity index (χ1n) is 7.75. The highest BCUT2D eigenvalue weighted by Crippen LogP contribution is 2.24. The van der Waals surface area contributed by atoms with Crippen molar-refractivity contribution in [3.8, 4) is 0 Å². The van der Waals surface area contributed by atoms with Crippen molar-refractivity contribution in [1.29, 1.82) is 0 Å². The lowest BCUT2D eigenvalue weighted by Gasteiger charge is -2.35. The van der Waals surface area contributed by atoms with Crippen molar-refractivity contribution in [3.05, 3.63) is 29.6 Å². The topological polar surface area (TPSA) is 41.6 Å². The first-order valence-corrected chi connectivity index (χ1v) is 7.75. The lowest BCUT2D eigenvalue weighted by molar-refractivity contribution is 0.0497. The predicted molar refractivity (Wildman–Crippen MR) is 85.7 cm³/mol. The van der Waals surface area contributed by atoms with Gasteiger partial charge in [-0.05, 0) is 64.3 Å². The Bertz CT molecular complexity index is 532. The molecule has 1 aromatic rings. The number of piperidine rings is 1. The summed E-state index contributed by atoms with van der Waals surface area (Å²) in [5.74, 6) is -0.206. The smallest absolute Gasteiger partial charge is 0.407 e. The number of alkyl carbamates (subject to hydrolysis) is 1. The fourth-order valence-electron chi connectivity index (χ4n) is 2.71. The Hall–Kier alpha value is -1.78. The van der Waals surface area contributed by atoms with Gasteiger partial charge in [-0.3, -0.25) is 0 Å². The van der Waals surface area contributed by atoms with Crippen LogP contribution >= 0.6 is 0 Å². The van der Waals surface area contributed by atoms with E-state index in [4.69, 9.17) is 4.74 Å². The quantitative estimate of drug-likeness (QED) is 0.907.